The van der Waals surface area contributed by atoms with E-state index in [2.05, 4.69) is 5.32 Å². The van der Waals surface area contributed by atoms with Crippen LogP contribution >= 0.6 is 11.6 Å². The zero-order valence-corrected chi connectivity index (χ0v) is 18.0. The predicted octanol–water partition coefficient (Wildman–Crippen LogP) is 4.20. The van der Waals surface area contributed by atoms with E-state index < -0.39 is 18.0 Å². The maximum absolute atomic E-state index is 12.4. The summed E-state index contributed by atoms with van der Waals surface area (Å²) in [5, 5.41) is 3.17. The lowest BCUT2D eigenvalue weighted by Crippen LogP contribution is -2.31. The maximum Gasteiger partial charge on any atom is 0.344 e. The third-order valence-electron chi connectivity index (χ3n) is 4.27. The van der Waals surface area contributed by atoms with Crippen LogP contribution in [0.15, 0.2) is 36.4 Å². The summed E-state index contributed by atoms with van der Waals surface area (Å²) in [6.07, 6.45) is -0.639. The van der Waals surface area contributed by atoms with Crippen LogP contribution in [0, 0.1) is 6.92 Å². The van der Waals surface area contributed by atoms with E-state index >= 15 is 0 Å². The van der Waals surface area contributed by atoms with Crippen LogP contribution in [0.3, 0.4) is 0 Å². The van der Waals surface area contributed by atoms with Gasteiger partial charge in [-0.25, -0.2) is 4.79 Å². The molecule has 0 saturated carbocycles. The van der Waals surface area contributed by atoms with Crippen LogP contribution in [0.1, 0.15) is 36.2 Å². The lowest BCUT2D eigenvalue weighted by Gasteiger charge is -2.16. The van der Waals surface area contributed by atoms with Crippen LogP contribution in [-0.4, -0.2) is 37.5 Å². The number of hydrogen-bond donors (Lipinski definition) is 1. The van der Waals surface area contributed by atoms with Gasteiger partial charge in [0.1, 0.15) is 11.5 Å². The van der Waals surface area contributed by atoms with Crippen LogP contribution in [0.2, 0.25) is 5.02 Å². The first-order valence-corrected chi connectivity index (χ1v) is 9.73. The van der Waals surface area contributed by atoms with Crippen LogP contribution in [-0.2, 0) is 14.3 Å². The third-order valence-corrected chi connectivity index (χ3v) is 4.68. The molecule has 0 aliphatic rings. The van der Waals surface area contributed by atoms with Gasteiger partial charge in [-0.05, 0) is 49.7 Å². The van der Waals surface area contributed by atoms with Crippen molar-refractivity contribution in [3.8, 4) is 11.5 Å². The number of halogens is 1. The molecule has 0 spiro atoms. The molecular weight excluding hydrogens is 410 g/mol. The Morgan fingerprint density at radius 2 is 1.80 bits per heavy atom. The first kappa shape index (κ1) is 23.2. The molecule has 1 unspecified atom stereocenters. The van der Waals surface area contributed by atoms with Crippen LogP contribution < -0.4 is 14.8 Å². The lowest BCUT2D eigenvalue weighted by atomic mass is 10.1. The molecule has 1 amide bonds. The van der Waals surface area contributed by atoms with Crippen LogP contribution in [0.25, 0.3) is 0 Å². The molecule has 0 aliphatic heterocycles. The SMILES string of the molecule is CCC(=O)c1ccc(OCC(=O)OC(C)C(=O)Nc2cc(C)c(Cl)cc2OC)cc1. The Hall–Kier alpha value is -3.06. The lowest BCUT2D eigenvalue weighted by molar-refractivity contribution is -0.155. The number of amides is 1. The summed E-state index contributed by atoms with van der Waals surface area (Å²) in [7, 11) is 1.46. The molecule has 2 aromatic carbocycles. The van der Waals surface area contributed by atoms with Gasteiger partial charge in [-0.1, -0.05) is 18.5 Å². The number of anilines is 1. The van der Waals surface area contributed by atoms with E-state index in [1.807, 2.05) is 0 Å². The minimum absolute atomic E-state index is 0.0216. The third kappa shape index (κ3) is 6.22. The van der Waals surface area contributed by atoms with Gasteiger partial charge in [0.05, 0.1) is 12.8 Å². The Balaban J connectivity index is 1.89. The Labute approximate surface area is 180 Å². The summed E-state index contributed by atoms with van der Waals surface area (Å²) in [5.41, 5.74) is 1.76. The second-order valence-corrected chi connectivity index (χ2v) is 6.92. The van der Waals surface area contributed by atoms with Crippen LogP contribution in [0.5, 0.6) is 11.5 Å². The average Bonchev–Trinajstić information content (AvgIpc) is 2.74. The van der Waals surface area contributed by atoms with Crippen molar-refractivity contribution in [2.75, 3.05) is 19.0 Å². The molecule has 0 saturated heterocycles. The fraction of sp³-hybridized carbons (Fsp3) is 0.318. The van der Waals surface area contributed by atoms with Crippen molar-refractivity contribution < 1.29 is 28.6 Å². The van der Waals surface area contributed by atoms with Crippen LogP contribution in [0.4, 0.5) is 5.69 Å². The standard InChI is InChI=1S/C22H24ClNO6/c1-5-19(25)15-6-8-16(9-7-15)29-12-21(26)30-14(3)22(27)24-18-10-13(2)17(23)11-20(18)28-4/h6-11,14H,5,12H2,1-4H3,(H,24,27). The van der Waals surface area contributed by atoms with E-state index in [-0.39, 0.29) is 12.4 Å². The second-order valence-electron chi connectivity index (χ2n) is 6.51. The minimum Gasteiger partial charge on any atom is -0.495 e. The molecule has 8 heteroatoms. The number of benzene rings is 2. The Morgan fingerprint density at radius 3 is 2.40 bits per heavy atom. The summed E-state index contributed by atoms with van der Waals surface area (Å²) in [6.45, 7) is 4.66. The fourth-order valence-electron chi connectivity index (χ4n) is 2.53. The molecule has 7 nitrogen and oxygen atoms in total. The quantitative estimate of drug-likeness (QED) is 0.470. The Morgan fingerprint density at radius 1 is 1.13 bits per heavy atom. The van der Waals surface area contributed by atoms with E-state index in [0.717, 1.165) is 5.56 Å². The number of ketones is 1. The monoisotopic (exact) mass is 433 g/mol. The highest BCUT2D eigenvalue weighted by Crippen LogP contribution is 2.31. The zero-order valence-electron chi connectivity index (χ0n) is 17.3. The van der Waals surface area contributed by atoms with Gasteiger partial charge in [0.2, 0.25) is 0 Å². The van der Waals surface area contributed by atoms with Crippen molar-refractivity contribution in [2.24, 2.45) is 0 Å². The molecule has 0 fully saturated rings. The van der Waals surface area contributed by atoms with Crippen molar-refractivity contribution in [3.63, 3.8) is 0 Å². The first-order valence-electron chi connectivity index (χ1n) is 9.35. The summed E-state index contributed by atoms with van der Waals surface area (Å²) in [4.78, 5) is 36.0. The number of esters is 1. The Bertz CT molecular complexity index is 926. The van der Waals surface area contributed by atoms with E-state index in [0.29, 0.717) is 34.2 Å². The highest BCUT2D eigenvalue weighted by molar-refractivity contribution is 6.31. The molecule has 0 radical (unpaired) electrons. The van der Waals surface area contributed by atoms with E-state index in [9.17, 15) is 14.4 Å². The first-order chi connectivity index (χ1) is 14.2. The van der Waals surface area contributed by atoms with Gasteiger partial charge in [0, 0.05) is 23.1 Å². The molecule has 0 heterocycles. The maximum atomic E-state index is 12.4. The van der Waals surface area contributed by atoms with Crippen molar-refractivity contribution in [2.45, 2.75) is 33.3 Å². The summed E-state index contributed by atoms with van der Waals surface area (Å²) in [6, 6.07) is 9.72. The number of rotatable bonds is 9. The van der Waals surface area contributed by atoms with Crippen molar-refractivity contribution in [3.05, 3.63) is 52.5 Å². The molecule has 2 rings (SSSR count). The number of ether oxygens (including phenoxy) is 3. The van der Waals surface area contributed by atoms with E-state index in [4.69, 9.17) is 25.8 Å². The summed E-state index contributed by atoms with van der Waals surface area (Å²) < 4.78 is 15.7. The topological polar surface area (TPSA) is 90.9 Å². The van der Waals surface area contributed by atoms with Crippen molar-refractivity contribution >= 4 is 34.9 Å². The number of carbonyl (C=O) groups is 3. The average molecular weight is 434 g/mol. The number of methoxy groups -OCH3 is 1. The molecule has 1 atom stereocenters. The second kappa shape index (κ2) is 10.6. The van der Waals surface area contributed by atoms with Gasteiger partial charge in [0.15, 0.2) is 18.5 Å². The van der Waals surface area contributed by atoms with Gasteiger partial charge in [-0.3, -0.25) is 9.59 Å². The van der Waals surface area contributed by atoms with Crippen molar-refractivity contribution in [1.29, 1.82) is 0 Å². The number of Topliss-reactive ketones (excluding diaryl/α,β-unsaturated/α-hetero) is 1. The number of hydrogen-bond acceptors (Lipinski definition) is 6. The smallest absolute Gasteiger partial charge is 0.344 e. The molecule has 1 N–H and O–H groups in total. The molecule has 160 valence electrons. The number of nitrogens with one attached hydrogen (secondary N) is 1. The van der Waals surface area contributed by atoms with E-state index in [1.54, 1.807) is 50.2 Å². The van der Waals surface area contributed by atoms with Gasteiger partial charge in [0.25, 0.3) is 5.91 Å². The van der Waals surface area contributed by atoms with E-state index in [1.165, 1.54) is 14.0 Å². The molecule has 0 aromatic heterocycles. The highest BCUT2D eigenvalue weighted by Gasteiger charge is 2.20. The fourth-order valence-corrected chi connectivity index (χ4v) is 2.69. The molecule has 30 heavy (non-hydrogen) atoms. The normalized spacial score (nSPS) is 11.4. The Kier molecular flexibility index (Phi) is 8.24. The molecule has 0 aliphatic carbocycles. The van der Waals surface area contributed by atoms with Gasteiger partial charge >= 0.3 is 5.97 Å². The molecular formula is C22H24ClNO6. The summed E-state index contributed by atoms with van der Waals surface area (Å²) in [5.74, 6) is -0.395. The largest absolute Gasteiger partial charge is 0.495 e. The van der Waals surface area contributed by atoms with Gasteiger partial charge in [-0.15, -0.1) is 0 Å². The van der Waals surface area contributed by atoms with Gasteiger partial charge in [-0.2, -0.15) is 0 Å². The highest BCUT2D eigenvalue weighted by atomic mass is 35.5. The minimum atomic E-state index is -1.05. The zero-order chi connectivity index (χ0) is 22.3. The van der Waals surface area contributed by atoms with Crippen molar-refractivity contribution in [1.82, 2.24) is 0 Å². The number of aryl methyl sites for hydroxylation is 1. The molecule has 2 aromatic rings. The molecule has 0 bridgehead atoms. The summed E-state index contributed by atoms with van der Waals surface area (Å²) >= 11 is 6.06. The van der Waals surface area contributed by atoms with Gasteiger partial charge < -0.3 is 19.5 Å². The number of carbonyl (C=O) groups excluding carboxylic acids is 3. The predicted molar refractivity (Wildman–Crippen MR) is 113 cm³/mol.